The molecule has 0 radical (unpaired) electrons. The Bertz CT molecular complexity index is 1320. The highest BCUT2D eigenvalue weighted by atomic mass is 32.2. The van der Waals surface area contributed by atoms with Gasteiger partial charge in [-0.05, 0) is 32.4 Å². The molecule has 1 fully saturated rings. The maximum Gasteiger partial charge on any atom is 0.407 e. The van der Waals surface area contributed by atoms with Crippen molar-refractivity contribution in [3.63, 3.8) is 0 Å². The van der Waals surface area contributed by atoms with Crippen molar-refractivity contribution in [2.24, 2.45) is 10.6 Å². The van der Waals surface area contributed by atoms with Crippen molar-refractivity contribution in [2.45, 2.75) is 45.4 Å². The Labute approximate surface area is 243 Å². The van der Waals surface area contributed by atoms with Crippen molar-refractivity contribution >= 4 is 63.8 Å². The van der Waals surface area contributed by atoms with Crippen LogP contribution in [0.3, 0.4) is 0 Å². The fraction of sp³-hybridized carbons (Fsp3) is 0.458. The second-order valence-electron chi connectivity index (χ2n) is 9.63. The van der Waals surface area contributed by atoms with Crippen LogP contribution in [0.1, 0.15) is 33.4 Å². The number of β-lactam (4-membered cyclic amide) rings is 1. The molecule has 0 saturated carbocycles. The number of hydrogen-bond acceptors (Lipinski definition) is 14. The SMILES string of the molecule is CNC(=O)OC/C=C\C1=C(C(=O)OC(C)OC(=O)C(C)(C)C)N2C(=O)C(NC(=O)/C(=N\O)c3csc(N)n3)[C@@H]2SC1. The van der Waals surface area contributed by atoms with Gasteiger partial charge in [-0.1, -0.05) is 11.2 Å². The molecular weight excluding hydrogens is 580 g/mol. The number of allylic oxidation sites excluding steroid dienone is 1. The third kappa shape index (κ3) is 7.35. The fourth-order valence-electron chi connectivity index (χ4n) is 3.52. The summed E-state index contributed by atoms with van der Waals surface area (Å²) in [6.07, 6.45) is 1.07. The molecule has 5 N–H and O–H groups in total. The number of aromatic nitrogens is 1. The maximum atomic E-state index is 13.3. The lowest BCUT2D eigenvalue weighted by molar-refractivity contribution is -0.190. The average Bonchev–Trinajstić information content (AvgIpc) is 3.34. The fourth-order valence-corrected chi connectivity index (χ4v) is 5.39. The lowest BCUT2D eigenvalue weighted by atomic mass is 9.97. The molecule has 1 aromatic heterocycles. The minimum absolute atomic E-state index is 0.0294. The molecule has 3 heterocycles. The highest BCUT2D eigenvalue weighted by Crippen LogP contribution is 2.41. The van der Waals surface area contributed by atoms with Crippen LogP contribution in [0.15, 0.2) is 34.0 Å². The first-order chi connectivity index (χ1) is 19.3. The molecule has 0 spiro atoms. The van der Waals surface area contributed by atoms with Crippen molar-refractivity contribution < 1.29 is 43.4 Å². The summed E-state index contributed by atoms with van der Waals surface area (Å²) >= 11 is 2.29. The van der Waals surface area contributed by atoms with Crippen LogP contribution in [-0.2, 0) is 33.4 Å². The van der Waals surface area contributed by atoms with E-state index in [1.807, 2.05) is 0 Å². The van der Waals surface area contributed by atoms with Gasteiger partial charge in [-0.3, -0.25) is 19.3 Å². The number of nitrogens with zero attached hydrogens (tertiary/aromatic N) is 3. The first-order valence-corrected chi connectivity index (χ1v) is 14.1. The number of carbonyl (C=O) groups is 5. The summed E-state index contributed by atoms with van der Waals surface area (Å²) in [5, 5.41) is 18.0. The Hall–Kier alpha value is -4.12. The summed E-state index contributed by atoms with van der Waals surface area (Å²) in [4.78, 5) is 67.9. The van der Waals surface area contributed by atoms with Gasteiger partial charge in [0.1, 0.15) is 29.4 Å². The van der Waals surface area contributed by atoms with E-state index in [1.165, 1.54) is 43.3 Å². The van der Waals surface area contributed by atoms with Gasteiger partial charge in [0.25, 0.3) is 11.8 Å². The summed E-state index contributed by atoms with van der Waals surface area (Å²) in [5.74, 6) is -2.83. The number of nitrogen functional groups attached to an aromatic ring is 1. The van der Waals surface area contributed by atoms with Crippen LogP contribution in [0.25, 0.3) is 0 Å². The monoisotopic (exact) mass is 610 g/mol. The standard InChI is InChI=1S/C24H30N6O9S2/c1-11(39-21(34)24(2,3)4)38-20(33)16-12(7-6-8-37-23(35)26-5)9-40-19-15(18(32)30(16)19)28-17(31)14(29-36)13-10-41-22(25)27-13/h6-7,10-11,15,19,36H,8-9H2,1-5H3,(H2,25,27)(H,26,35)(H,28,31)/b7-6-,29-14-/t11?,15?,19-/m0/s1. The third-order valence-corrected chi connectivity index (χ3v) is 7.53. The molecule has 222 valence electrons. The molecule has 0 bridgehead atoms. The number of hydrogen-bond donors (Lipinski definition) is 4. The maximum absolute atomic E-state index is 13.3. The molecule has 3 atom stereocenters. The number of amides is 3. The Morgan fingerprint density at radius 2 is 2.02 bits per heavy atom. The summed E-state index contributed by atoms with van der Waals surface area (Å²) in [6, 6.07) is -1.07. The van der Waals surface area contributed by atoms with E-state index in [-0.39, 0.29) is 28.9 Å². The van der Waals surface area contributed by atoms with E-state index in [0.717, 1.165) is 16.2 Å². The Morgan fingerprint density at radius 1 is 1.32 bits per heavy atom. The van der Waals surface area contributed by atoms with Gasteiger partial charge in [0, 0.05) is 25.1 Å². The predicted molar refractivity (Wildman–Crippen MR) is 148 cm³/mol. The summed E-state index contributed by atoms with van der Waals surface area (Å²) in [5.41, 5.74) is 4.59. The van der Waals surface area contributed by atoms with E-state index >= 15 is 0 Å². The van der Waals surface area contributed by atoms with Crippen LogP contribution in [0.4, 0.5) is 9.93 Å². The Kier molecular flexibility index (Phi) is 9.98. The quantitative estimate of drug-likeness (QED) is 0.0768. The Balaban J connectivity index is 1.81. The molecule has 3 rings (SSSR count). The zero-order valence-corrected chi connectivity index (χ0v) is 24.5. The lowest BCUT2D eigenvalue weighted by Crippen LogP contribution is -2.71. The normalized spacial score (nSPS) is 19.7. The number of nitrogens with two attached hydrogens (primary N) is 1. The van der Waals surface area contributed by atoms with Crippen LogP contribution in [0.5, 0.6) is 0 Å². The summed E-state index contributed by atoms with van der Waals surface area (Å²) < 4.78 is 15.5. The highest BCUT2D eigenvalue weighted by molar-refractivity contribution is 8.00. The van der Waals surface area contributed by atoms with Crippen LogP contribution in [0, 0.1) is 5.41 Å². The van der Waals surface area contributed by atoms with Crippen molar-refractivity contribution in [1.82, 2.24) is 20.5 Å². The molecule has 1 aromatic rings. The van der Waals surface area contributed by atoms with Gasteiger partial charge in [-0.25, -0.2) is 14.6 Å². The van der Waals surface area contributed by atoms with Gasteiger partial charge in [0.2, 0.25) is 6.29 Å². The number of carbonyl (C=O) groups excluding carboxylic acids is 5. The smallest absolute Gasteiger partial charge is 0.407 e. The number of fused-ring (bicyclic) bond motifs is 1. The highest BCUT2D eigenvalue weighted by Gasteiger charge is 2.54. The van der Waals surface area contributed by atoms with Gasteiger partial charge >= 0.3 is 18.0 Å². The molecule has 2 aliphatic heterocycles. The predicted octanol–water partition coefficient (Wildman–Crippen LogP) is 0.948. The lowest BCUT2D eigenvalue weighted by Gasteiger charge is -2.49. The first kappa shape index (κ1) is 31.4. The molecule has 2 unspecified atom stereocenters. The number of ether oxygens (including phenoxy) is 3. The number of thiazole rings is 1. The molecule has 3 amide bonds. The minimum atomic E-state index is -1.27. The van der Waals surface area contributed by atoms with Gasteiger partial charge in [-0.2, -0.15) is 0 Å². The van der Waals surface area contributed by atoms with E-state index in [1.54, 1.807) is 20.8 Å². The number of nitrogens with one attached hydrogen (secondary N) is 2. The van der Waals surface area contributed by atoms with Crippen molar-refractivity contribution in [3.8, 4) is 0 Å². The number of thioether (sulfide) groups is 1. The minimum Gasteiger partial charge on any atom is -0.445 e. The molecule has 41 heavy (non-hydrogen) atoms. The van der Waals surface area contributed by atoms with Gasteiger partial charge in [-0.15, -0.1) is 23.1 Å². The molecule has 15 nitrogen and oxygen atoms in total. The van der Waals surface area contributed by atoms with E-state index in [2.05, 4.69) is 20.8 Å². The van der Waals surface area contributed by atoms with Gasteiger partial charge in [0.15, 0.2) is 10.8 Å². The second kappa shape index (κ2) is 13.0. The van der Waals surface area contributed by atoms with Crippen LogP contribution in [0.2, 0.25) is 0 Å². The van der Waals surface area contributed by atoms with Crippen LogP contribution in [-0.4, -0.2) is 87.8 Å². The topological polar surface area (TPSA) is 212 Å². The number of rotatable bonds is 9. The van der Waals surface area contributed by atoms with Gasteiger partial charge < -0.3 is 35.8 Å². The van der Waals surface area contributed by atoms with E-state index < -0.39 is 58.7 Å². The number of esters is 2. The van der Waals surface area contributed by atoms with Crippen molar-refractivity contribution in [2.75, 3.05) is 25.1 Å². The summed E-state index contributed by atoms with van der Waals surface area (Å²) in [7, 11) is 1.40. The second-order valence-corrected chi connectivity index (χ2v) is 11.6. The van der Waals surface area contributed by atoms with E-state index in [9.17, 15) is 29.2 Å². The number of oxime groups is 1. The van der Waals surface area contributed by atoms with Crippen molar-refractivity contribution in [1.29, 1.82) is 0 Å². The molecular formula is C24H30N6O9S2. The zero-order valence-electron chi connectivity index (χ0n) is 22.8. The zero-order chi connectivity index (χ0) is 30.5. The molecule has 2 aliphatic rings. The van der Waals surface area contributed by atoms with Crippen LogP contribution < -0.4 is 16.4 Å². The number of anilines is 1. The van der Waals surface area contributed by atoms with Gasteiger partial charge in [0.05, 0.1) is 5.41 Å². The average molecular weight is 611 g/mol. The third-order valence-electron chi connectivity index (χ3n) is 5.55. The molecule has 0 aliphatic carbocycles. The Morgan fingerprint density at radius 3 is 2.61 bits per heavy atom. The summed E-state index contributed by atoms with van der Waals surface area (Å²) in [6.45, 7) is 6.18. The molecule has 0 aromatic carbocycles. The van der Waals surface area contributed by atoms with E-state index in [4.69, 9.17) is 19.9 Å². The first-order valence-electron chi connectivity index (χ1n) is 12.1. The number of alkyl carbamates (subject to hydrolysis) is 1. The van der Waals surface area contributed by atoms with E-state index in [0.29, 0.717) is 5.57 Å². The molecule has 1 saturated heterocycles. The van der Waals surface area contributed by atoms with Crippen LogP contribution >= 0.6 is 23.1 Å². The largest absolute Gasteiger partial charge is 0.445 e. The molecule has 17 heteroatoms. The van der Waals surface area contributed by atoms with Crippen molar-refractivity contribution in [3.05, 3.63) is 34.5 Å².